The number of rotatable bonds is 11. The Balaban J connectivity index is 2.56. The second kappa shape index (κ2) is 13.9. The Bertz CT molecular complexity index is 1120. The number of para-hydroxylation sites is 1. The van der Waals surface area contributed by atoms with Crippen molar-refractivity contribution in [2.75, 3.05) is 19.0 Å². The van der Waals surface area contributed by atoms with Crippen molar-refractivity contribution in [1.29, 1.82) is 0 Å². The van der Waals surface area contributed by atoms with Crippen LogP contribution in [0.15, 0.2) is 42.5 Å². The predicted octanol–water partition coefficient (Wildman–Crippen LogP) is 5.57. The van der Waals surface area contributed by atoms with Crippen molar-refractivity contribution < 1.29 is 29.0 Å². The number of benzene rings is 2. The summed E-state index contributed by atoms with van der Waals surface area (Å²) in [4.78, 5) is 42.1. The summed E-state index contributed by atoms with van der Waals surface area (Å²) in [7, 11) is 1.55. The van der Waals surface area contributed by atoms with E-state index in [2.05, 4.69) is 10.6 Å². The molecule has 0 heterocycles. The van der Waals surface area contributed by atoms with E-state index in [1.807, 2.05) is 20.8 Å². The molecule has 2 unspecified atom stereocenters. The Morgan fingerprint density at radius 1 is 1.05 bits per heavy atom. The fraction of sp³-hybridized carbons (Fsp3) is 0.500. The lowest BCUT2D eigenvalue weighted by molar-refractivity contribution is -0.141. The van der Waals surface area contributed by atoms with Crippen LogP contribution < -0.4 is 15.4 Å². The highest BCUT2D eigenvalue weighted by Gasteiger charge is 2.38. The number of ether oxygens (including phenoxy) is 2. The van der Waals surface area contributed by atoms with Crippen molar-refractivity contribution in [3.8, 4) is 11.5 Å². The SMILES string of the molecule is CCCCN(C(=O)C(NC(=O)OC(C)(C)C)C(C)C)C(C(=O)Nc1ccc(OC)cc1)c1cccc(C)c1O. The van der Waals surface area contributed by atoms with Crippen molar-refractivity contribution in [2.24, 2.45) is 5.92 Å². The summed E-state index contributed by atoms with van der Waals surface area (Å²) in [5.74, 6) is -0.674. The van der Waals surface area contributed by atoms with Crippen LogP contribution in [0.5, 0.6) is 11.5 Å². The minimum Gasteiger partial charge on any atom is -0.507 e. The van der Waals surface area contributed by atoms with Gasteiger partial charge in [-0.15, -0.1) is 0 Å². The average molecular weight is 542 g/mol. The molecule has 0 aliphatic rings. The first-order valence-electron chi connectivity index (χ1n) is 13.3. The molecule has 0 aliphatic carbocycles. The van der Waals surface area contributed by atoms with Gasteiger partial charge in [-0.1, -0.05) is 45.4 Å². The van der Waals surface area contributed by atoms with Gasteiger partial charge in [-0.25, -0.2) is 4.79 Å². The van der Waals surface area contributed by atoms with Crippen molar-refractivity contribution in [3.63, 3.8) is 0 Å². The van der Waals surface area contributed by atoms with Crippen LogP contribution in [0.2, 0.25) is 0 Å². The number of aromatic hydroxyl groups is 1. The number of nitrogens with one attached hydrogen (secondary N) is 2. The Morgan fingerprint density at radius 3 is 2.23 bits per heavy atom. The molecule has 9 nitrogen and oxygen atoms in total. The smallest absolute Gasteiger partial charge is 0.408 e. The normalized spacial score (nSPS) is 12.8. The maximum Gasteiger partial charge on any atom is 0.408 e. The van der Waals surface area contributed by atoms with Crippen LogP contribution in [-0.2, 0) is 14.3 Å². The standard InChI is InChI=1S/C30H43N3O6/c1-9-10-18-33(28(36)24(19(2)3)32-29(37)39-30(5,6)7)25(23-13-11-12-20(4)26(23)34)27(35)31-21-14-16-22(38-8)17-15-21/h11-17,19,24-25,34H,9-10,18H2,1-8H3,(H,31,35)(H,32,37). The fourth-order valence-electron chi connectivity index (χ4n) is 4.06. The van der Waals surface area contributed by atoms with Crippen LogP contribution >= 0.6 is 0 Å². The number of anilines is 1. The van der Waals surface area contributed by atoms with Gasteiger partial charge in [-0.05, 0) is 69.9 Å². The van der Waals surface area contributed by atoms with Crippen LogP contribution in [0.3, 0.4) is 0 Å². The van der Waals surface area contributed by atoms with E-state index in [1.54, 1.807) is 77.3 Å². The Hall–Kier alpha value is -3.75. The molecular formula is C30H43N3O6. The van der Waals surface area contributed by atoms with Gasteiger partial charge in [-0.3, -0.25) is 9.59 Å². The van der Waals surface area contributed by atoms with Crippen LogP contribution in [0.25, 0.3) is 0 Å². The Morgan fingerprint density at radius 2 is 1.69 bits per heavy atom. The molecule has 0 radical (unpaired) electrons. The van der Waals surface area contributed by atoms with E-state index in [0.29, 0.717) is 29.0 Å². The van der Waals surface area contributed by atoms with Gasteiger partial charge in [0.15, 0.2) is 0 Å². The molecule has 0 saturated carbocycles. The average Bonchev–Trinajstić information content (AvgIpc) is 2.86. The summed E-state index contributed by atoms with van der Waals surface area (Å²) < 4.78 is 10.6. The lowest BCUT2D eigenvalue weighted by atomic mass is 9.96. The quantitative estimate of drug-likeness (QED) is 0.343. The Labute approximate surface area is 231 Å². The molecule has 9 heteroatoms. The third-order valence-corrected chi connectivity index (χ3v) is 6.12. The van der Waals surface area contributed by atoms with Gasteiger partial charge in [0.2, 0.25) is 5.91 Å². The summed E-state index contributed by atoms with van der Waals surface area (Å²) in [5.41, 5.74) is 0.633. The lowest BCUT2D eigenvalue weighted by Gasteiger charge is -2.36. The molecule has 2 aromatic carbocycles. The van der Waals surface area contributed by atoms with Crippen LogP contribution in [-0.4, -0.2) is 53.2 Å². The van der Waals surface area contributed by atoms with Crippen molar-refractivity contribution in [3.05, 3.63) is 53.6 Å². The molecule has 0 aromatic heterocycles. The zero-order valence-corrected chi connectivity index (χ0v) is 24.3. The first-order chi connectivity index (χ1) is 18.3. The number of aryl methyl sites for hydroxylation is 1. The number of carbonyl (C=O) groups excluding carboxylic acids is 3. The van der Waals surface area contributed by atoms with Crippen molar-refractivity contribution in [1.82, 2.24) is 10.2 Å². The molecular weight excluding hydrogens is 498 g/mol. The second-order valence-corrected chi connectivity index (χ2v) is 10.9. The van der Waals surface area contributed by atoms with E-state index in [-0.39, 0.29) is 18.2 Å². The van der Waals surface area contributed by atoms with Gasteiger partial charge < -0.3 is 30.1 Å². The molecule has 2 aromatic rings. The zero-order chi connectivity index (χ0) is 29.3. The minimum absolute atomic E-state index is 0.0668. The van der Waals surface area contributed by atoms with Gasteiger partial charge >= 0.3 is 6.09 Å². The molecule has 2 rings (SSSR count). The number of alkyl carbamates (subject to hydrolysis) is 1. The van der Waals surface area contributed by atoms with Crippen molar-refractivity contribution >= 4 is 23.6 Å². The number of methoxy groups -OCH3 is 1. The number of amides is 3. The molecule has 0 bridgehead atoms. The molecule has 0 aliphatic heterocycles. The van der Waals surface area contributed by atoms with Crippen LogP contribution in [0.1, 0.15) is 71.6 Å². The van der Waals surface area contributed by atoms with Gasteiger partial charge in [0.05, 0.1) is 7.11 Å². The molecule has 0 saturated heterocycles. The van der Waals surface area contributed by atoms with Crippen molar-refractivity contribution in [2.45, 2.75) is 79.0 Å². The number of hydrogen-bond donors (Lipinski definition) is 3. The summed E-state index contributed by atoms with van der Waals surface area (Å²) >= 11 is 0. The predicted molar refractivity (Wildman–Crippen MR) is 152 cm³/mol. The number of phenols is 1. The van der Waals surface area contributed by atoms with E-state index >= 15 is 0 Å². The first kappa shape index (κ1) is 31.5. The van der Waals surface area contributed by atoms with E-state index in [0.717, 1.165) is 6.42 Å². The second-order valence-electron chi connectivity index (χ2n) is 10.9. The summed E-state index contributed by atoms with van der Waals surface area (Å²) in [5, 5.41) is 16.6. The largest absolute Gasteiger partial charge is 0.507 e. The van der Waals surface area contributed by atoms with Gasteiger partial charge in [0.25, 0.3) is 5.91 Å². The maximum atomic E-state index is 14.1. The van der Waals surface area contributed by atoms with Gasteiger partial charge in [-0.2, -0.15) is 0 Å². The van der Waals surface area contributed by atoms with Crippen LogP contribution in [0, 0.1) is 12.8 Å². The monoisotopic (exact) mass is 541 g/mol. The zero-order valence-electron chi connectivity index (χ0n) is 24.3. The van der Waals surface area contributed by atoms with E-state index < -0.39 is 35.6 Å². The Kier molecular flexibility index (Phi) is 11.2. The molecule has 3 N–H and O–H groups in total. The number of carbonyl (C=O) groups is 3. The van der Waals surface area contributed by atoms with E-state index in [9.17, 15) is 19.5 Å². The molecule has 3 amide bonds. The summed E-state index contributed by atoms with van der Waals surface area (Å²) in [6.07, 6.45) is 0.659. The number of unbranched alkanes of at least 4 members (excludes halogenated alkanes) is 1. The van der Waals surface area contributed by atoms with Gasteiger partial charge in [0, 0.05) is 17.8 Å². The highest BCUT2D eigenvalue weighted by atomic mass is 16.6. The van der Waals surface area contributed by atoms with Crippen LogP contribution in [0.4, 0.5) is 10.5 Å². The third-order valence-electron chi connectivity index (χ3n) is 6.12. The number of phenolic OH excluding ortho intramolecular Hbond substituents is 1. The molecule has 39 heavy (non-hydrogen) atoms. The number of nitrogens with zero attached hydrogens (tertiary/aromatic N) is 1. The lowest BCUT2D eigenvalue weighted by Crippen LogP contribution is -2.54. The minimum atomic E-state index is -1.16. The summed E-state index contributed by atoms with van der Waals surface area (Å²) in [6, 6.07) is 9.82. The molecule has 214 valence electrons. The molecule has 0 fully saturated rings. The van der Waals surface area contributed by atoms with Gasteiger partial charge in [0.1, 0.15) is 29.2 Å². The molecule has 0 spiro atoms. The fourth-order valence-corrected chi connectivity index (χ4v) is 4.06. The maximum absolute atomic E-state index is 14.1. The highest BCUT2D eigenvalue weighted by Crippen LogP contribution is 2.34. The summed E-state index contributed by atoms with van der Waals surface area (Å²) in [6.45, 7) is 12.8. The first-order valence-corrected chi connectivity index (χ1v) is 13.3. The topological polar surface area (TPSA) is 117 Å². The number of hydrogen-bond acceptors (Lipinski definition) is 6. The third kappa shape index (κ3) is 8.90. The van der Waals surface area contributed by atoms with E-state index in [1.165, 1.54) is 4.90 Å². The highest BCUT2D eigenvalue weighted by molar-refractivity contribution is 5.99. The van der Waals surface area contributed by atoms with E-state index in [4.69, 9.17) is 9.47 Å². The molecule has 2 atom stereocenters.